The normalized spacial score (nSPS) is 18.1. The van der Waals surface area contributed by atoms with Crippen LogP contribution in [0, 0.1) is 0 Å². The smallest absolute Gasteiger partial charge is 0.275 e. The van der Waals surface area contributed by atoms with E-state index >= 15 is 0 Å². The zero-order chi connectivity index (χ0) is 18.6. The molecule has 0 aliphatic carbocycles. The van der Waals surface area contributed by atoms with Crippen LogP contribution in [0.5, 0.6) is 0 Å². The topological polar surface area (TPSA) is 72.5 Å². The van der Waals surface area contributed by atoms with Crippen molar-refractivity contribution in [1.82, 2.24) is 20.0 Å². The molecule has 0 bridgehead atoms. The Morgan fingerprint density at radius 3 is 2.70 bits per heavy atom. The number of para-hydroxylation sites is 1. The number of carbonyl (C=O) groups excluding carboxylic acids is 1. The lowest BCUT2D eigenvalue weighted by Gasteiger charge is -2.41. The monoisotopic (exact) mass is 364 g/mol. The number of aromatic amines is 1. The molecule has 0 spiro atoms. The van der Waals surface area contributed by atoms with Crippen molar-refractivity contribution in [1.29, 1.82) is 0 Å². The van der Waals surface area contributed by atoms with Crippen molar-refractivity contribution >= 4 is 16.8 Å². The molecule has 1 fully saturated rings. The third-order valence-corrected chi connectivity index (χ3v) is 5.26. The summed E-state index contributed by atoms with van der Waals surface area (Å²) in [5, 5.41) is 17.5. The minimum Gasteiger partial charge on any atom is -0.396 e. The molecule has 2 N–H and O–H groups in total. The summed E-state index contributed by atoms with van der Waals surface area (Å²) >= 11 is 0. The number of piperazine rings is 1. The van der Waals surface area contributed by atoms with E-state index in [1.807, 2.05) is 47.4 Å². The molecule has 4 rings (SSSR count). The van der Waals surface area contributed by atoms with Crippen LogP contribution in [0.2, 0.25) is 0 Å². The molecule has 0 saturated carbocycles. The minimum atomic E-state index is -0.0465. The predicted octanol–water partition coefficient (Wildman–Crippen LogP) is 2.27. The van der Waals surface area contributed by atoms with Crippen molar-refractivity contribution in [3.63, 3.8) is 0 Å². The molecule has 1 saturated heterocycles. The van der Waals surface area contributed by atoms with Crippen LogP contribution in [0.4, 0.5) is 0 Å². The summed E-state index contributed by atoms with van der Waals surface area (Å²) in [6, 6.07) is 18.1. The van der Waals surface area contributed by atoms with E-state index in [-0.39, 0.29) is 18.6 Å². The third-order valence-electron chi connectivity index (χ3n) is 5.26. The van der Waals surface area contributed by atoms with Gasteiger partial charge in [-0.3, -0.25) is 14.8 Å². The first kappa shape index (κ1) is 17.7. The van der Waals surface area contributed by atoms with Gasteiger partial charge < -0.3 is 10.0 Å². The highest BCUT2D eigenvalue weighted by Crippen LogP contribution is 2.21. The molecule has 1 aromatic heterocycles. The number of aromatic nitrogens is 2. The Morgan fingerprint density at radius 1 is 1.11 bits per heavy atom. The molecule has 6 nitrogen and oxygen atoms in total. The Kier molecular flexibility index (Phi) is 5.18. The first-order chi connectivity index (χ1) is 13.3. The highest BCUT2D eigenvalue weighted by Gasteiger charge is 2.31. The number of hydrogen-bond acceptors (Lipinski definition) is 4. The maximum atomic E-state index is 13.1. The Morgan fingerprint density at radius 2 is 1.89 bits per heavy atom. The number of rotatable bonds is 5. The van der Waals surface area contributed by atoms with Gasteiger partial charge in [0.25, 0.3) is 5.91 Å². The minimum absolute atomic E-state index is 0.0465. The average Bonchev–Trinajstić information content (AvgIpc) is 3.14. The van der Waals surface area contributed by atoms with Gasteiger partial charge in [-0.25, -0.2) is 0 Å². The van der Waals surface area contributed by atoms with Crippen LogP contribution in [0.3, 0.4) is 0 Å². The highest BCUT2D eigenvalue weighted by molar-refractivity contribution is 6.04. The Labute approximate surface area is 158 Å². The first-order valence-electron chi connectivity index (χ1n) is 9.37. The number of nitrogens with one attached hydrogen (secondary N) is 1. The first-order valence-corrected chi connectivity index (χ1v) is 9.37. The lowest BCUT2D eigenvalue weighted by molar-refractivity contribution is 0.0392. The molecule has 1 unspecified atom stereocenters. The van der Waals surface area contributed by atoms with Crippen LogP contribution in [0.15, 0.2) is 54.6 Å². The Bertz CT molecular complexity index is 909. The van der Waals surface area contributed by atoms with Gasteiger partial charge in [0.05, 0.1) is 5.52 Å². The number of H-pyrrole nitrogens is 1. The van der Waals surface area contributed by atoms with E-state index in [4.69, 9.17) is 0 Å². The van der Waals surface area contributed by atoms with Crippen LogP contribution in [-0.2, 0) is 6.54 Å². The fourth-order valence-electron chi connectivity index (χ4n) is 3.80. The SMILES string of the molecule is O=C(c1n[nH]c2ccccc12)N1CCN(Cc2ccccc2)C(CCO)C1. The average molecular weight is 364 g/mol. The Balaban J connectivity index is 1.50. The van der Waals surface area contributed by atoms with E-state index in [0.717, 1.165) is 24.0 Å². The van der Waals surface area contributed by atoms with Gasteiger partial charge in [0.1, 0.15) is 0 Å². The molecule has 6 heteroatoms. The lowest BCUT2D eigenvalue weighted by Crippen LogP contribution is -2.54. The van der Waals surface area contributed by atoms with Gasteiger partial charge in [0.2, 0.25) is 0 Å². The quantitative estimate of drug-likeness (QED) is 0.729. The van der Waals surface area contributed by atoms with Gasteiger partial charge in [-0.15, -0.1) is 0 Å². The number of amides is 1. The van der Waals surface area contributed by atoms with Gasteiger partial charge in [0, 0.05) is 44.2 Å². The number of nitrogens with zero attached hydrogens (tertiary/aromatic N) is 3. The maximum absolute atomic E-state index is 13.1. The van der Waals surface area contributed by atoms with E-state index in [9.17, 15) is 9.90 Å². The molecule has 27 heavy (non-hydrogen) atoms. The van der Waals surface area contributed by atoms with E-state index in [2.05, 4.69) is 27.2 Å². The standard InChI is InChI=1S/C21H24N4O2/c26-13-10-17-15-25(12-11-24(17)14-16-6-2-1-3-7-16)21(27)20-18-8-4-5-9-19(18)22-23-20/h1-9,17,26H,10-15H2,(H,22,23). The molecule has 2 heterocycles. The van der Waals surface area contributed by atoms with E-state index in [0.29, 0.717) is 25.2 Å². The van der Waals surface area contributed by atoms with E-state index in [1.165, 1.54) is 5.56 Å². The molecule has 3 aromatic rings. The second-order valence-electron chi connectivity index (χ2n) is 6.99. The summed E-state index contributed by atoms with van der Waals surface area (Å²) in [5.74, 6) is -0.0465. The zero-order valence-electron chi connectivity index (χ0n) is 15.2. The molecule has 140 valence electrons. The number of aliphatic hydroxyl groups is 1. The number of fused-ring (bicyclic) bond motifs is 1. The molecular weight excluding hydrogens is 340 g/mol. The lowest BCUT2D eigenvalue weighted by atomic mass is 10.1. The molecule has 0 radical (unpaired) electrons. The van der Waals surface area contributed by atoms with Crippen molar-refractivity contribution in [3.8, 4) is 0 Å². The fraction of sp³-hybridized carbons (Fsp3) is 0.333. The van der Waals surface area contributed by atoms with Gasteiger partial charge in [-0.05, 0) is 18.1 Å². The zero-order valence-corrected chi connectivity index (χ0v) is 15.2. The number of hydrogen-bond donors (Lipinski definition) is 2. The number of benzene rings is 2. The van der Waals surface area contributed by atoms with Crippen molar-refractivity contribution in [2.45, 2.75) is 19.0 Å². The molecule has 1 aliphatic rings. The molecule has 1 aliphatic heterocycles. The van der Waals surface area contributed by atoms with Crippen molar-refractivity contribution in [3.05, 3.63) is 65.9 Å². The van der Waals surface area contributed by atoms with E-state index < -0.39 is 0 Å². The molecule has 1 amide bonds. The highest BCUT2D eigenvalue weighted by atomic mass is 16.3. The van der Waals surface area contributed by atoms with Crippen molar-refractivity contribution < 1.29 is 9.90 Å². The summed E-state index contributed by atoms with van der Waals surface area (Å²) in [7, 11) is 0. The largest absolute Gasteiger partial charge is 0.396 e. The summed E-state index contributed by atoms with van der Waals surface area (Å²) in [4.78, 5) is 17.3. The third kappa shape index (κ3) is 3.72. The second kappa shape index (κ2) is 7.90. The molecule has 1 atom stereocenters. The Hall–Kier alpha value is -2.70. The fourth-order valence-corrected chi connectivity index (χ4v) is 3.80. The second-order valence-corrected chi connectivity index (χ2v) is 6.99. The van der Waals surface area contributed by atoms with E-state index in [1.54, 1.807) is 0 Å². The molecular formula is C21H24N4O2. The van der Waals surface area contributed by atoms with Gasteiger partial charge >= 0.3 is 0 Å². The predicted molar refractivity (Wildman–Crippen MR) is 104 cm³/mol. The number of carbonyl (C=O) groups is 1. The number of aliphatic hydroxyl groups excluding tert-OH is 1. The van der Waals surface area contributed by atoms with Crippen molar-refractivity contribution in [2.75, 3.05) is 26.2 Å². The van der Waals surface area contributed by atoms with Crippen LogP contribution in [0.1, 0.15) is 22.5 Å². The van der Waals surface area contributed by atoms with Gasteiger partial charge in [-0.1, -0.05) is 48.5 Å². The summed E-state index contributed by atoms with van der Waals surface area (Å²) in [6.45, 7) is 3.00. The van der Waals surface area contributed by atoms with Crippen molar-refractivity contribution in [2.24, 2.45) is 0 Å². The maximum Gasteiger partial charge on any atom is 0.275 e. The molecule has 2 aromatic carbocycles. The summed E-state index contributed by atoms with van der Waals surface area (Å²) in [6.07, 6.45) is 0.651. The van der Waals surface area contributed by atoms with Crippen LogP contribution >= 0.6 is 0 Å². The summed E-state index contributed by atoms with van der Waals surface area (Å²) < 4.78 is 0. The summed E-state index contributed by atoms with van der Waals surface area (Å²) in [5.41, 5.74) is 2.60. The van der Waals surface area contributed by atoms with Gasteiger partial charge in [-0.2, -0.15) is 5.10 Å². The van der Waals surface area contributed by atoms with Crippen LogP contribution < -0.4 is 0 Å². The van der Waals surface area contributed by atoms with Crippen LogP contribution in [-0.4, -0.2) is 63.3 Å². The van der Waals surface area contributed by atoms with Gasteiger partial charge in [0.15, 0.2) is 5.69 Å². The van der Waals surface area contributed by atoms with Crippen LogP contribution in [0.25, 0.3) is 10.9 Å².